The monoisotopic (exact) mass is 481 g/mol. The van der Waals surface area contributed by atoms with Gasteiger partial charge in [0.15, 0.2) is 0 Å². The van der Waals surface area contributed by atoms with Crippen molar-refractivity contribution in [2.45, 2.75) is 6.04 Å². The van der Waals surface area contributed by atoms with Crippen LogP contribution in [0.15, 0.2) is 91.1 Å². The van der Waals surface area contributed by atoms with E-state index in [4.69, 9.17) is 4.74 Å². The molecule has 182 valence electrons. The van der Waals surface area contributed by atoms with Crippen LogP contribution in [0.25, 0.3) is 11.3 Å². The maximum Gasteiger partial charge on any atom is 0.246 e. The van der Waals surface area contributed by atoms with Crippen LogP contribution in [0.1, 0.15) is 11.6 Å². The van der Waals surface area contributed by atoms with Crippen LogP contribution in [0.5, 0.6) is 5.75 Å². The van der Waals surface area contributed by atoms with E-state index in [0.29, 0.717) is 43.6 Å². The van der Waals surface area contributed by atoms with Gasteiger partial charge in [0, 0.05) is 42.3 Å². The number of carbonyl (C=O) groups excluding carboxylic acids is 1. The van der Waals surface area contributed by atoms with Gasteiger partial charge < -0.3 is 20.5 Å². The Hall–Kier alpha value is -4.27. The van der Waals surface area contributed by atoms with Gasteiger partial charge in [0.1, 0.15) is 11.8 Å². The number of rotatable bonds is 7. The zero-order valence-electron chi connectivity index (χ0n) is 19.7. The zero-order valence-corrected chi connectivity index (χ0v) is 19.7. The SMILES string of the molecule is O=C(Nc1ccc(-c2ccnc(Nc3cccc(O)c3)n2)cc1)C(c1ccccc1)N1CCOCC1. The predicted octanol–water partition coefficient (Wildman–Crippen LogP) is 4.60. The highest BCUT2D eigenvalue weighted by Gasteiger charge is 2.29. The van der Waals surface area contributed by atoms with Crippen LogP contribution in [0.4, 0.5) is 17.3 Å². The summed E-state index contributed by atoms with van der Waals surface area (Å²) in [4.78, 5) is 24.4. The summed E-state index contributed by atoms with van der Waals surface area (Å²) in [6.45, 7) is 2.65. The number of ether oxygens (including phenoxy) is 1. The summed E-state index contributed by atoms with van der Waals surface area (Å²) < 4.78 is 5.49. The molecule has 1 amide bonds. The lowest BCUT2D eigenvalue weighted by atomic mass is 10.0. The maximum atomic E-state index is 13.4. The number of hydrogen-bond acceptors (Lipinski definition) is 7. The van der Waals surface area contributed by atoms with E-state index in [1.165, 1.54) is 0 Å². The van der Waals surface area contributed by atoms with E-state index in [-0.39, 0.29) is 17.7 Å². The molecular formula is C28H27N5O3. The van der Waals surface area contributed by atoms with E-state index < -0.39 is 0 Å². The average molecular weight is 482 g/mol. The van der Waals surface area contributed by atoms with Crippen LogP contribution in [0.2, 0.25) is 0 Å². The number of nitrogens with zero attached hydrogens (tertiary/aromatic N) is 3. The fourth-order valence-corrected chi connectivity index (χ4v) is 4.23. The van der Waals surface area contributed by atoms with Gasteiger partial charge in [0.05, 0.1) is 18.9 Å². The number of carbonyl (C=O) groups is 1. The summed E-state index contributed by atoms with van der Waals surface area (Å²) in [5.41, 5.74) is 3.99. The van der Waals surface area contributed by atoms with Crippen LogP contribution < -0.4 is 10.6 Å². The molecule has 1 aromatic heterocycles. The molecule has 1 unspecified atom stereocenters. The lowest BCUT2D eigenvalue weighted by Crippen LogP contribution is -2.43. The van der Waals surface area contributed by atoms with Gasteiger partial charge in [0.25, 0.3) is 0 Å². The molecule has 1 atom stereocenters. The smallest absolute Gasteiger partial charge is 0.246 e. The number of benzene rings is 3. The number of phenols is 1. The molecule has 8 heteroatoms. The molecule has 0 bridgehead atoms. The second kappa shape index (κ2) is 11.0. The van der Waals surface area contributed by atoms with E-state index in [0.717, 1.165) is 16.8 Å². The number of hydrogen-bond donors (Lipinski definition) is 3. The third-order valence-corrected chi connectivity index (χ3v) is 5.98. The fourth-order valence-electron chi connectivity index (χ4n) is 4.23. The van der Waals surface area contributed by atoms with Crippen molar-refractivity contribution in [1.29, 1.82) is 0 Å². The molecule has 3 aromatic carbocycles. The van der Waals surface area contributed by atoms with E-state index in [2.05, 4.69) is 25.5 Å². The van der Waals surface area contributed by atoms with Crippen LogP contribution in [0, 0.1) is 0 Å². The second-order valence-electron chi connectivity index (χ2n) is 8.47. The van der Waals surface area contributed by atoms with Crippen LogP contribution >= 0.6 is 0 Å². The van der Waals surface area contributed by atoms with Crippen molar-refractivity contribution < 1.29 is 14.6 Å². The summed E-state index contributed by atoms with van der Waals surface area (Å²) in [7, 11) is 0. The van der Waals surface area contributed by atoms with Gasteiger partial charge in [0.2, 0.25) is 11.9 Å². The zero-order chi connectivity index (χ0) is 24.7. The van der Waals surface area contributed by atoms with Gasteiger partial charge in [-0.05, 0) is 35.9 Å². The lowest BCUT2D eigenvalue weighted by molar-refractivity contribution is -0.123. The number of amides is 1. The van der Waals surface area contributed by atoms with Crippen LogP contribution in [0.3, 0.4) is 0 Å². The Morgan fingerprint density at radius 1 is 0.917 bits per heavy atom. The molecule has 0 radical (unpaired) electrons. The first kappa shape index (κ1) is 23.5. The van der Waals surface area contributed by atoms with Crippen molar-refractivity contribution in [2.24, 2.45) is 0 Å². The van der Waals surface area contributed by atoms with Gasteiger partial charge in [-0.2, -0.15) is 0 Å². The highest BCUT2D eigenvalue weighted by Crippen LogP contribution is 2.26. The number of aromatic hydroxyl groups is 1. The Morgan fingerprint density at radius 3 is 2.44 bits per heavy atom. The number of phenolic OH excluding ortho intramolecular Hbond substituents is 1. The van der Waals surface area contributed by atoms with Crippen molar-refractivity contribution >= 4 is 23.2 Å². The highest BCUT2D eigenvalue weighted by atomic mass is 16.5. The Kier molecular flexibility index (Phi) is 7.16. The summed E-state index contributed by atoms with van der Waals surface area (Å²) in [5, 5.41) is 15.8. The molecule has 8 nitrogen and oxygen atoms in total. The first-order valence-corrected chi connectivity index (χ1v) is 11.8. The van der Waals surface area contributed by atoms with E-state index >= 15 is 0 Å². The maximum absolute atomic E-state index is 13.4. The van der Waals surface area contributed by atoms with Crippen LogP contribution in [-0.2, 0) is 9.53 Å². The molecule has 36 heavy (non-hydrogen) atoms. The summed E-state index contributed by atoms with van der Waals surface area (Å²) in [5.74, 6) is 0.513. The minimum Gasteiger partial charge on any atom is -0.508 e. The minimum atomic E-state index is -0.386. The van der Waals surface area contributed by atoms with Gasteiger partial charge in [-0.1, -0.05) is 48.5 Å². The molecule has 1 saturated heterocycles. The average Bonchev–Trinajstić information content (AvgIpc) is 2.91. The minimum absolute atomic E-state index is 0.0736. The molecule has 1 fully saturated rings. The van der Waals surface area contributed by atoms with Crippen molar-refractivity contribution in [3.63, 3.8) is 0 Å². The van der Waals surface area contributed by atoms with E-state index in [9.17, 15) is 9.90 Å². The molecule has 0 aliphatic carbocycles. The van der Waals surface area contributed by atoms with Gasteiger partial charge in [-0.15, -0.1) is 0 Å². The predicted molar refractivity (Wildman–Crippen MR) is 139 cm³/mol. The van der Waals surface area contributed by atoms with Crippen molar-refractivity contribution in [1.82, 2.24) is 14.9 Å². The van der Waals surface area contributed by atoms with E-state index in [1.807, 2.05) is 66.7 Å². The Bertz CT molecular complexity index is 1310. The third kappa shape index (κ3) is 5.68. The number of anilines is 3. The fraction of sp³-hybridized carbons (Fsp3) is 0.179. The molecule has 3 N–H and O–H groups in total. The van der Waals surface area contributed by atoms with Crippen molar-refractivity contribution in [2.75, 3.05) is 36.9 Å². The highest BCUT2D eigenvalue weighted by molar-refractivity contribution is 5.95. The normalized spacial score (nSPS) is 14.7. The molecular weight excluding hydrogens is 454 g/mol. The summed E-state index contributed by atoms with van der Waals surface area (Å²) in [6, 6.07) is 25.6. The molecule has 0 saturated carbocycles. The number of nitrogens with one attached hydrogen (secondary N) is 2. The standard InChI is InChI=1S/C28H27N5O3/c34-24-8-4-7-23(19-24)31-28-29-14-13-25(32-28)20-9-11-22(12-10-20)30-27(35)26(21-5-2-1-3-6-21)33-15-17-36-18-16-33/h1-14,19,26,34H,15-18H2,(H,30,35)(H,29,31,32). The topological polar surface area (TPSA) is 99.6 Å². The first-order valence-electron chi connectivity index (χ1n) is 11.8. The molecule has 1 aliphatic rings. The largest absolute Gasteiger partial charge is 0.508 e. The summed E-state index contributed by atoms with van der Waals surface area (Å²) in [6.07, 6.45) is 1.68. The van der Waals surface area contributed by atoms with Gasteiger partial charge in [-0.3, -0.25) is 9.69 Å². The number of morpholine rings is 1. The lowest BCUT2D eigenvalue weighted by Gasteiger charge is -2.33. The quantitative estimate of drug-likeness (QED) is 0.355. The van der Waals surface area contributed by atoms with Crippen molar-refractivity contribution in [3.05, 3.63) is 96.7 Å². The van der Waals surface area contributed by atoms with Gasteiger partial charge >= 0.3 is 0 Å². The Morgan fingerprint density at radius 2 is 1.69 bits per heavy atom. The molecule has 2 heterocycles. The third-order valence-electron chi connectivity index (χ3n) is 5.98. The molecule has 4 aromatic rings. The number of aromatic nitrogens is 2. The Balaban J connectivity index is 1.30. The Labute approximate surface area is 209 Å². The van der Waals surface area contributed by atoms with Crippen LogP contribution in [-0.4, -0.2) is 52.2 Å². The second-order valence-corrected chi connectivity index (χ2v) is 8.47. The molecule has 0 spiro atoms. The first-order chi connectivity index (χ1) is 17.7. The molecule has 5 rings (SSSR count). The molecule has 1 aliphatic heterocycles. The van der Waals surface area contributed by atoms with Crippen molar-refractivity contribution in [3.8, 4) is 17.0 Å². The van der Waals surface area contributed by atoms with E-state index in [1.54, 1.807) is 24.4 Å². The summed E-state index contributed by atoms with van der Waals surface area (Å²) >= 11 is 0. The van der Waals surface area contributed by atoms with Gasteiger partial charge in [-0.25, -0.2) is 9.97 Å².